The molecule has 0 spiro atoms. The smallest absolute Gasteiger partial charge is 0.224 e. The lowest BCUT2D eigenvalue weighted by Crippen LogP contribution is -2.17. The van der Waals surface area contributed by atoms with Gasteiger partial charge < -0.3 is 11.1 Å². The van der Waals surface area contributed by atoms with E-state index in [9.17, 15) is 9.59 Å². The van der Waals surface area contributed by atoms with E-state index >= 15 is 0 Å². The highest BCUT2D eigenvalue weighted by Crippen LogP contribution is 2.19. The Kier molecular flexibility index (Phi) is 4.31. The molecule has 3 N–H and O–H groups in total. The Labute approximate surface area is 98.8 Å². The van der Waals surface area contributed by atoms with Gasteiger partial charge in [0, 0.05) is 23.6 Å². The highest BCUT2D eigenvalue weighted by molar-refractivity contribution is 6.30. The molecule has 0 saturated heterocycles. The lowest BCUT2D eigenvalue weighted by Gasteiger charge is -2.07. The average Bonchev–Trinajstić information content (AvgIpc) is 2.19. The van der Waals surface area contributed by atoms with Crippen molar-refractivity contribution in [2.45, 2.75) is 19.8 Å². The molecular weight excluding hydrogens is 228 g/mol. The van der Waals surface area contributed by atoms with Gasteiger partial charge in [-0.3, -0.25) is 9.59 Å². The fourth-order valence-corrected chi connectivity index (χ4v) is 1.44. The monoisotopic (exact) mass is 240 g/mol. The van der Waals surface area contributed by atoms with Crippen LogP contribution in [0.15, 0.2) is 18.2 Å². The van der Waals surface area contributed by atoms with E-state index in [-0.39, 0.29) is 18.7 Å². The highest BCUT2D eigenvalue weighted by atomic mass is 35.5. The van der Waals surface area contributed by atoms with Crippen molar-refractivity contribution in [3.63, 3.8) is 0 Å². The molecule has 0 fully saturated rings. The van der Waals surface area contributed by atoms with Crippen molar-refractivity contribution >= 4 is 29.1 Å². The van der Waals surface area contributed by atoms with Gasteiger partial charge in [-0.05, 0) is 30.7 Å². The molecule has 2 amide bonds. The molecule has 1 aromatic rings. The van der Waals surface area contributed by atoms with Crippen LogP contribution >= 0.6 is 11.6 Å². The van der Waals surface area contributed by atoms with Crippen LogP contribution in [-0.4, -0.2) is 11.8 Å². The molecule has 0 bridgehead atoms. The van der Waals surface area contributed by atoms with Crippen LogP contribution in [0.1, 0.15) is 18.4 Å². The first-order valence-electron chi connectivity index (χ1n) is 4.83. The molecule has 0 aliphatic carbocycles. The number of aryl methyl sites for hydroxylation is 1. The molecule has 0 saturated carbocycles. The van der Waals surface area contributed by atoms with Gasteiger partial charge in [0.05, 0.1) is 0 Å². The summed E-state index contributed by atoms with van der Waals surface area (Å²) in [6.45, 7) is 1.84. The number of rotatable bonds is 4. The highest BCUT2D eigenvalue weighted by Gasteiger charge is 2.06. The van der Waals surface area contributed by atoms with Crippen LogP contribution in [0.3, 0.4) is 0 Å². The van der Waals surface area contributed by atoms with Crippen molar-refractivity contribution < 1.29 is 9.59 Å². The molecule has 0 radical (unpaired) electrons. The normalized spacial score (nSPS) is 9.88. The van der Waals surface area contributed by atoms with Crippen molar-refractivity contribution in [1.82, 2.24) is 0 Å². The number of halogens is 1. The fraction of sp³-hybridized carbons (Fsp3) is 0.273. The van der Waals surface area contributed by atoms with Crippen LogP contribution in [0, 0.1) is 6.92 Å². The molecule has 4 nitrogen and oxygen atoms in total. The van der Waals surface area contributed by atoms with Crippen molar-refractivity contribution in [2.24, 2.45) is 5.73 Å². The molecule has 0 aliphatic rings. The van der Waals surface area contributed by atoms with Gasteiger partial charge in [-0.2, -0.15) is 0 Å². The van der Waals surface area contributed by atoms with Gasteiger partial charge in [0.1, 0.15) is 0 Å². The van der Waals surface area contributed by atoms with E-state index in [0.717, 1.165) is 5.56 Å². The standard InChI is InChI=1S/C11H13ClN2O2/c1-7-6-8(12)2-3-9(7)14-11(16)5-4-10(13)15/h2-3,6H,4-5H2,1H3,(H2,13,15)(H,14,16). The number of carbonyl (C=O) groups is 2. The summed E-state index contributed by atoms with van der Waals surface area (Å²) in [5.41, 5.74) is 6.52. The predicted molar refractivity (Wildman–Crippen MR) is 63.2 cm³/mol. The summed E-state index contributed by atoms with van der Waals surface area (Å²) < 4.78 is 0. The Bertz CT molecular complexity index is 418. The minimum atomic E-state index is -0.483. The summed E-state index contributed by atoms with van der Waals surface area (Å²) in [5.74, 6) is -0.716. The molecule has 86 valence electrons. The zero-order valence-electron chi connectivity index (χ0n) is 8.92. The van der Waals surface area contributed by atoms with Crippen LogP contribution in [0.25, 0.3) is 0 Å². The SMILES string of the molecule is Cc1cc(Cl)ccc1NC(=O)CCC(N)=O. The topological polar surface area (TPSA) is 72.2 Å². The maximum atomic E-state index is 11.4. The van der Waals surface area contributed by atoms with Crippen molar-refractivity contribution in [2.75, 3.05) is 5.32 Å². The Morgan fingerprint density at radius 3 is 2.62 bits per heavy atom. The number of benzene rings is 1. The van der Waals surface area contributed by atoms with Crippen molar-refractivity contribution in [3.8, 4) is 0 Å². The predicted octanol–water partition coefficient (Wildman–Crippen LogP) is 1.85. The molecule has 1 aromatic carbocycles. The van der Waals surface area contributed by atoms with E-state index < -0.39 is 5.91 Å². The van der Waals surface area contributed by atoms with Crippen LogP contribution in [-0.2, 0) is 9.59 Å². The summed E-state index contributed by atoms with van der Waals surface area (Å²) in [6.07, 6.45) is 0.149. The minimum absolute atomic E-state index is 0.0540. The van der Waals surface area contributed by atoms with E-state index in [1.165, 1.54) is 0 Å². The number of nitrogens with one attached hydrogen (secondary N) is 1. The zero-order chi connectivity index (χ0) is 12.1. The third-order valence-corrected chi connectivity index (χ3v) is 2.30. The van der Waals surface area contributed by atoms with E-state index in [2.05, 4.69) is 5.32 Å². The van der Waals surface area contributed by atoms with Crippen LogP contribution in [0.5, 0.6) is 0 Å². The van der Waals surface area contributed by atoms with Gasteiger partial charge in [-0.25, -0.2) is 0 Å². The first-order chi connectivity index (χ1) is 7.49. The van der Waals surface area contributed by atoms with Gasteiger partial charge in [0.2, 0.25) is 11.8 Å². The lowest BCUT2D eigenvalue weighted by atomic mass is 10.2. The molecule has 0 aliphatic heterocycles. The fourth-order valence-electron chi connectivity index (χ4n) is 1.22. The molecule has 0 atom stereocenters. The number of primary amides is 1. The molecular formula is C11H13ClN2O2. The molecule has 5 heteroatoms. The number of hydrogen-bond acceptors (Lipinski definition) is 2. The maximum Gasteiger partial charge on any atom is 0.224 e. The van der Waals surface area contributed by atoms with Gasteiger partial charge in [-0.1, -0.05) is 11.6 Å². The zero-order valence-corrected chi connectivity index (χ0v) is 9.67. The molecule has 0 aromatic heterocycles. The van der Waals surface area contributed by atoms with E-state index in [0.29, 0.717) is 10.7 Å². The second kappa shape index (κ2) is 5.51. The quantitative estimate of drug-likeness (QED) is 0.843. The third kappa shape index (κ3) is 3.90. The number of anilines is 1. The van der Waals surface area contributed by atoms with Gasteiger partial charge in [-0.15, -0.1) is 0 Å². The van der Waals surface area contributed by atoms with Crippen LogP contribution in [0.2, 0.25) is 5.02 Å². The summed E-state index contributed by atoms with van der Waals surface area (Å²) >= 11 is 5.78. The Morgan fingerprint density at radius 2 is 2.06 bits per heavy atom. The van der Waals surface area contributed by atoms with Gasteiger partial charge >= 0.3 is 0 Å². The number of hydrogen-bond donors (Lipinski definition) is 2. The summed E-state index contributed by atoms with van der Waals surface area (Å²) in [7, 11) is 0. The van der Waals surface area contributed by atoms with Crippen molar-refractivity contribution in [1.29, 1.82) is 0 Å². The number of amides is 2. The maximum absolute atomic E-state index is 11.4. The van der Waals surface area contributed by atoms with Crippen molar-refractivity contribution in [3.05, 3.63) is 28.8 Å². The molecule has 0 unspecified atom stereocenters. The second-order valence-corrected chi connectivity index (χ2v) is 3.91. The molecule has 16 heavy (non-hydrogen) atoms. The van der Waals surface area contributed by atoms with Gasteiger partial charge in [0.25, 0.3) is 0 Å². The molecule has 0 heterocycles. The van der Waals surface area contributed by atoms with E-state index in [1.807, 2.05) is 6.92 Å². The van der Waals surface area contributed by atoms with Crippen LogP contribution < -0.4 is 11.1 Å². The number of nitrogens with two attached hydrogens (primary N) is 1. The first kappa shape index (κ1) is 12.5. The summed E-state index contributed by atoms with van der Waals surface area (Å²) in [6, 6.07) is 5.17. The largest absolute Gasteiger partial charge is 0.370 e. The second-order valence-electron chi connectivity index (χ2n) is 3.47. The molecule has 1 rings (SSSR count). The number of carbonyl (C=O) groups excluding carboxylic acids is 2. The van der Waals surface area contributed by atoms with Gasteiger partial charge in [0.15, 0.2) is 0 Å². The summed E-state index contributed by atoms with van der Waals surface area (Å²) in [5, 5.41) is 3.31. The van der Waals surface area contributed by atoms with E-state index in [1.54, 1.807) is 18.2 Å². The average molecular weight is 241 g/mol. The Morgan fingerprint density at radius 1 is 1.38 bits per heavy atom. The minimum Gasteiger partial charge on any atom is -0.370 e. The Balaban J connectivity index is 2.59. The lowest BCUT2D eigenvalue weighted by molar-refractivity contribution is -0.122. The first-order valence-corrected chi connectivity index (χ1v) is 5.21. The van der Waals surface area contributed by atoms with E-state index in [4.69, 9.17) is 17.3 Å². The third-order valence-electron chi connectivity index (χ3n) is 2.06. The Hall–Kier alpha value is -1.55. The van der Waals surface area contributed by atoms with Crippen LogP contribution in [0.4, 0.5) is 5.69 Å². The summed E-state index contributed by atoms with van der Waals surface area (Å²) in [4.78, 5) is 21.9.